The number of hydrogen-bond donors (Lipinski definition) is 3. The van der Waals surface area contributed by atoms with E-state index in [-0.39, 0.29) is 6.04 Å². The summed E-state index contributed by atoms with van der Waals surface area (Å²) in [5.74, 6) is -1.33. The second-order valence-electron chi connectivity index (χ2n) is 3.66. The molecule has 86 valence electrons. The summed E-state index contributed by atoms with van der Waals surface area (Å²) in [6.07, 6.45) is 1.85. The molecule has 16 heavy (non-hydrogen) atoms. The standard InChI is InChI=1S/C9H11N3O4/c13-7-6(8(14)15)4-12(9(16)11-7)5-1-2-10-3-5/h4-5,10H,1-3H2,(H,14,15)(H,11,13,16)/t5-/m0/s1. The van der Waals surface area contributed by atoms with E-state index in [0.29, 0.717) is 6.54 Å². The number of carboxylic acid groups (broad SMARTS) is 1. The summed E-state index contributed by atoms with van der Waals surface area (Å²) < 4.78 is 1.27. The fourth-order valence-corrected chi connectivity index (χ4v) is 1.79. The Morgan fingerprint density at radius 2 is 2.25 bits per heavy atom. The average Bonchev–Trinajstić information content (AvgIpc) is 2.70. The second kappa shape index (κ2) is 3.93. The average molecular weight is 225 g/mol. The molecule has 1 aromatic rings. The predicted octanol–water partition coefficient (Wildman–Crippen LogP) is -1.23. The minimum Gasteiger partial charge on any atom is -0.477 e. The molecule has 1 aliphatic rings. The maximum absolute atomic E-state index is 11.5. The van der Waals surface area contributed by atoms with Crippen LogP contribution in [0.15, 0.2) is 15.8 Å². The van der Waals surface area contributed by atoms with Crippen molar-refractivity contribution in [2.75, 3.05) is 13.1 Å². The Bertz CT molecular complexity index is 524. The Morgan fingerprint density at radius 1 is 1.50 bits per heavy atom. The fourth-order valence-electron chi connectivity index (χ4n) is 1.79. The summed E-state index contributed by atoms with van der Waals surface area (Å²) in [7, 11) is 0. The van der Waals surface area contributed by atoms with Gasteiger partial charge in [-0.2, -0.15) is 0 Å². The molecule has 0 unspecified atom stereocenters. The summed E-state index contributed by atoms with van der Waals surface area (Å²) in [6, 6.07) is -0.0950. The highest BCUT2D eigenvalue weighted by Crippen LogP contribution is 2.11. The third-order valence-electron chi connectivity index (χ3n) is 2.63. The van der Waals surface area contributed by atoms with Crippen molar-refractivity contribution in [2.45, 2.75) is 12.5 Å². The lowest BCUT2D eigenvalue weighted by Gasteiger charge is -2.11. The van der Waals surface area contributed by atoms with Crippen molar-refractivity contribution in [3.63, 3.8) is 0 Å². The maximum Gasteiger partial charge on any atom is 0.342 e. The topological polar surface area (TPSA) is 104 Å². The van der Waals surface area contributed by atoms with Gasteiger partial charge >= 0.3 is 11.7 Å². The minimum absolute atomic E-state index is 0.0950. The lowest BCUT2D eigenvalue weighted by molar-refractivity contribution is 0.0693. The van der Waals surface area contributed by atoms with Crippen LogP contribution >= 0.6 is 0 Å². The van der Waals surface area contributed by atoms with E-state index in [4.69, 9.17) is 5.11 Å². The van der Waals surface area contributed by atoms with Crippen molar-refractivity contribution >= 4 is 5.97 Å². The Morgan fingerprint density at radius 3 is 2.81 bits per heavy atom. The molecular formula is C9H11N3O4. The van der Waals surface area contributed by atoms with E-state index < -0.39 is 22.8 Å². The summed E-state index contributed by atoms with van der Waals surface area (Å²) in [5.41, 5.74) is -1.84. The molecule has 1 fully saturated rings. The van der Waals surface area contributed by atoms with Crippen LogP contribution in [-0.2, 0) is 0 Å². The zero-order valence-corrected chi connectivity index (χ0v) is 8.40. The first-order valence-electron chi connectivity index (χ1n) is 4.89. The molecule has 0 bridgehead atoms. The number of carboxylic acids is 1. The van der Waals surface area contributed by atoms with Crippen LogP contribution in [0.3, 0.4) is 0 Å². The number of hydrogen-bond acceptors (Lipinski definition) is 4. The Labute approximate surface area is 89.7 Å². The van der Waals surface area contributed by atoms with Gasteiger partial charge in [-0.25, -0.2) is 9.59 Å². The number of H-pyrrole nitrogens is 1. The smallest absolute Gasteiger partial charge is 0.342 e. The quantitative estimate of drug-likeness (QED) is 0.584. The van der Waals surface area contributed by atoms with E-state index >= 15 is 0 Å². The first-order valence-corrected chi connectivity index (χ1v) is 4.89. The van der Waals surface area contributed by atoms with Crippen molar-refractivity contribution in [1.82, 2.24) is 14.9 Å². The van der Waals surface area contributed by atoms with Gasteiger partial charge in [0.15, 0.2) is 0 Å². The fraction of sp³-hybridized carbons (Fsp3) is 0.444. The molecule has 0 spiro atoms. The second-order valence-corrected chi connectivity index (χ2v) is 3.66. The number of nitrogens with one attached hydrogen (secondary N) is 2. The third-order valence-corrected chi connectivity index (χ3v) is 2.63. The van der Waals surface area contributed by atoms with Crippen LogP contribution in [0.5, 0.6) is 0 Å². The molecule has 7 heteroatoms. The normalized spacial score (nSPS) is 19.9. The molecular weight excluding hydrogens is 214 g/mol. The Hall–Kier alpha value is -1.89. The third kappa shape index (κ3) is 1.76. The van der Waals surface area contributed by atoms with Crippen molar-refractivity contribution in [2.24, 2.45) is 0 Å². The van der Waals surface area contributed by atoms with Gasteiger partial charge in [0.25, 0.3) is 5.56 Å². The summed E-state index contributed by atoms with van der Waals surface area (Å²) in [4.78, 5) is 35.4. The van der Waals surface area contributed by atoms with Gasteiger partial charge in [-0.3, -0.25) is 14.3 Å². The van der Waals surface area contributed by atoms with Crippen LogP contribution in [0.1, 0.15) is 22.8 Å². The lowest BCUT2D eigenvalue weighted by Crippen LogP contribution is -2.35. The SMILES string of the molecule is O=C(O)c1cn([C@H]2CCNC2)c(=O)[nH]c1=O. The Balaban J connectivity index is 2.53. The van der Waals surface area contributed by atoms with Crippen molar-refractivity contribution in [3.05, 3.63) is 32.6 Å². The molecule has 0 aliphatic carbocycles. The van der Waals surface area contributed by atoms with Crippen LogP contribution in [0, 0.1) is 0 Å². The highest BCUT2D eigenvalue weighted by atomic mass is 16.4. The van der Waals surface area contributed by atoms with Gasteiger partial charge in [0.2, 0.25) is 0 Å². The molecule has 1 aromatic heterocycles. The van der Waals surface area contributed by atoms with Gasteiger partial charge in [0, 0.05) is 12.7 Å². The van der Waals surface area contributed by atoms with Crippen molar-refractivity contribution in [1.29, 1.82) is 0 Å². The molecule has 2 rings (SSSR count). The van der Waals surface area contributed by atoms with Gasteiger partial charge in [0.1, 0.15) is 5.56 Å². The molecule has 0 aromatic carbocycles. The first kappa shape index (κ1) is 10.6. The molecule has 3 N–H and O–H groups in total. The zero-order valence-electron chi connectivity index (χ0n) is 8.40. The predicted molar refractivity (Wildman–Crippen MR) is 54.8 cm³/mol. The van der Waals surface area contributed by atoms with E-state index in [1.807, 2.05) is 4.98 Å². The molecule has 0 radical (unpaired) electrons. The van der Waals surface area contributed by atoms with Gasteiger partial charge in [-0.05, 0) is 13.0 Å². The molecule has 0 saturated carbocycles. The molecule has 1 aliphatic heterocycles. The van der Waals surface area contributed by atoms with Gasteiger partial charge < -0.3 is 10.4 Å². The highest BCUT2D eigenvalue weighted by Gasteiger charge is 2.20. The number of aromatic carboxylic acids is 1. The van der Waals surface area contributed by atoms with E-state index in [2.05, 4.69) is 5.32 Å². The minimum atomic E-state index is -1.33. The zero-order chi connectivity index (χ0) is 11.7. The summed E-state index contributed by atoms with van der Waals surface area (Å²) >= 11 is 0. The monoisotopic (exact) mass is 225 g/mol. The van der Waals surface area contributed by atoms with Crippen LogP contribution in [0.2, 0.25) is 0 Å². The largest absolute Gasteiger partial charge is 0.477 e. The van der Waals surface area contributed by atoms with Crippen LogP contribution in [-0.4, -0.2) is 33.7 Å². The van der Waals surface area contributed by atoms with E-state index in [1.165, 1.54) is 4.57 Å². The molecule has 2 heterocycles. The van der Waals surface area contributed by atoms with Crippen LogP contribution in [0.4, 0.5) is 0 Å². The van der Waals surface area contributed by atoms with Gasteiger partial charge in [0.05, 0.1) is 6.04 Å². The highest BCUT2D eigenvalue weighted by molar-refractivity contribution is 5.86. The van der Waals surface area contributed by atoms with E-state index in [1.54, 1.807) is 0 Å². The number of carbonyl (C=O) groups is 1. The molecule has 0 amide bonds. The number of nitrogens with zero attached hydrogens (tertiary/aromatic N) is 1. The van der Waals surface area contributed by atoms with E-state index in [9.17, 15) is 14.4 Å². The van der Waals surface area contributed by atoms with Crippen LogP contribution < -0.4 is 16.6 Å². The van der Waals surface area contributed by atoms with Crippen molar-refractivity contribution < 1.29 is 9.90 Å². The lowest BCUT2D eigenvalue weighted by atomic mass is 10.2. The number of aromatic nitrogens is 2. The van der Waals surface area contributed by atoms with Crippen molar-refractivity contribution in [3.8, 4) is 0 Å². The maximum atomic E-state index is 11.5. The summed E-state index contributed by atoms with van der Waals surface area (Å²) in [6.45, 7) is 1.38. The first-order chi connectivity index (χ1) is 7.59. The molecule has 7 nitrogen and oxygen atoms in total. The van der Waals surface area contributed by atoms with Gasteiger partial charge in [-0.1, -0.05) is 0 Å². The van der Waals surface area contributed by atoms with E-state index in [0.717, 1.165) is 19.2 Å². The molecule has 1 saturated heterocycles. The number of aromatic amines is 1. The van der Waals surface area contributed by atoms with Crippen LogP contribution in [0.25, 0.3) is 0 Å². The molecule has 1 atom stereocenters. The number of rotatable bonds is 2. The Kier molecular flexibility index (Phi) is 2.61. The summed E-state index contributed by atoms with van der Waals surface area (Å²) in [5, 5.41) is 11.8. The van der Waals surface area contributed by atoms with Gasteiger partial charge in [-0.15, -0.1) is 0 Å².